The first kappa shape index (κ1) is 21.5. The molecular formula is C21H28N2O5. The maximum Gasteiger partial charge on any atom is 0.328 e. The van der Waals surface area contributed by atoms with Gasteiger partial charge in [0.2, 0.25) is 0 Å². The number of aromatic amines is 1. The van der Waals surface area contributed by atoms with Crippen LogP contribution in [0.1, 0.15) is 38.7 Å². The third kappa shape index (κ3) is 6.40. The molecule has 7 nitrogen and oxygen atoms in total. The van der Waals surface area contributed by atoms with Crippen LogP contribution in [0.5, 0.6) is 0 Å². The number of para-hydroxylation sites is 1. The Morgan fingerprint density at radius 3 is 2.64 bits per heavy atom. The van der Waals surface area contributed by atoms with E-state index in [0.29, 0.717) is 12.8 Å². The molecule has 0 aliphatic rings. The summed E-state index contributed by atoms with van der Waals surface area (Å²) >= 11 is 0. The lowest BCUT2D eigenvalue weighted by Gasteiger charge is -2.18. The van der Waals surface area contributed by atoms with E-state index in [9.17, 15) is 14.4 Å². The summed E-state index contributed by atoms with van der Waals surface area (Å²) in [5.41, 5.74) is 2.22. The van der Waals surface area contributed by atoms with Crippen molar-refractivity contribution in [2.75, 3.05) is 13.7 Å². The van der Waals surface area contributed by atoms with Crippen LogP contribution in [0.15, 0.2) is 30.5 Å². The minimum atomic E-state index is -0.738. The van der Waals surface area contributed by atoms with Gasteiger partial charge in [-0.25, -0.2) is 4.79 Å². The summed E-state index contributed by atoms with van der Waals surface area (Å²) in [6.07, 6.45) is 3.99. The summed E-state index contributed by atoms with van der Waals surface area (Å²) in [5, 5.41) is 3.71. The molecule has 1 unspecified atom stereocenters. The maximum atomic E-state index is 12.0. The molecule has 0 saturated heterocycles. The first-order chi connectivity index (χ1) is 13.4. The van der Waals surface area contributed by atoms with Gasteiger partial charge in [0.25, 0.3) is 5.91 Å². The fraction of sp³-hybridized carbons (Fsp3) is 0.476. The molecule has 1 atom stereocenters. The van der Waals surface area contributed by atoms with Gasteiger partial charge in [-0.3, -0.25) is 9.59 Å². The summed E-state index contributed by atoms with van der Waals surface area (Å²) in [6.45, 7) is 3.48. The third-order valence-corrected chi connectivity index (χ3v) is 4.39. The summed E-state index contributed by atoms with van der Waals surface area (Å²) in [5.74, 6) is -1.25. The number of methoxy groups -OCH3 is 1. The lowest BCUT2D eigenvalue weighted by molar-refractivity contribution is -0.150. The van der Waals surface area contributed by atoms with Crippen LogP contribution < -0.4 is 5.32 Å². The van der Waals surface area contributed by atoms with Crippen molar-refractivity contribution in [3.05, 3.63) is 36.0 Å². The van der Waals surface area contributed by atoms with Gasteiger partial charge in [-0.15, -0.1) is 0 Å². The summed E-state index contributed by atoms with van der Waals surface area (Å²) in [6, 6.07) is 7.26. The van der Waals surface area contributed by atoms with Crippen molar-refractivity contribution in [1.29, 1.82) is 0 Å². The summed E-state index contributed by atoms with van der Waals surface area (Å²) in [4.78, 5) is 38.8. The Morgan fingerprint density at radius 2 is 1.93 bits per heavy atom. The molecule has 0 radical (unpaired) electrons. The van der Waals surface area contributed by atoms with Gasteiger partial charge in [-0.2, -0.15) is 0 Å². The fourth-order valence-corrected chi connectivity index (χ4v) is 3.04. The van der Waals surface area contributed by atoms with Crippen LogP contribution in [-0.4, -0.2) is 42.6 Å². The molecule has 1 aromatic carbocycles. The quantitative estimate of drug-likeness (QED) is 0.610. The van der Waals surface area contributed by atoms with E-state index >= 15 is 0 Å². The van der Waals surface area contributed by atoms with Crippen LogP contribution in [0.2, 0.25) is 0 Å². The molecule has 0 aliphatic heterocycles. The molecule has 2 rings (SSSR count). The van der Waals surface area contributed by atoms with Gasteiger partial charge in [-0.05, 0) is 36.8 Å². The van der Waals surface area contributed by atoms with Crippen molar-refractivity contribution < 1.29 is 23.9 Å². The molecule has 0 bridgehead atoms. The Hall–Kier alpha value is -2.83. The molecule has 0 saturated carbocycles. The molecule has 0 aliphatic carbocycles. The molecule has 1 heterocycles. The van der Waals surface area contributed by atoms with Crippen molar-refractivity contribution in [3.63, 3.8) is 0 Å². The molecule has 7 heteroatoms. The van der Waals surface area contributed by atoms with Crippen molar-refractivity contribution in [3.8, 4) is 0 Å². The van der Waals surface area contributed by atoms with Gasteiger partial charge in [-0.1, -0.05) is 32.0 Å². The minimum Gasteiger partial charge on any atom is -0.467 e. The molecule has 1 aromatic heterocycles. The average molecular weight is 388 g/mol. The number of nitrogens with one attached hydrogen (secondary N) is 2. The average Bonchev–Trinajstić information content (AvgIpc) is 3.08. The number of hydrogen-bond acceptors (Lipinski definition) is 5. The topological polar surface area (TPSA) is 97.5 Å². The number of carbonyl (C=O) groups excluding carboxylic acids is 3. The normalized spacial score (nSPS) is 12.0. The number of esters is 2. The fourth-order valence-electron chi connectivity index (χ4n) is 3.04. The number of benzene rings is 1. The highest BCUT2D eigenvalue weighted by molar-refractivity contribution is 5.86. The van der Waals surface area contributed by atoms with Crippen LogP contribution in [0.4, 0.5) is 0 Å². The Bertz CT molecular complexity index is 812. The van der Waals surface area contributed by atoms with Crippen molar-refractivity contribution in [1.82, 2.24) is 10.3 Å². The monoisotopic (exact) mass is 388 g/mol. The Kier molecular flexibility index (Phi) is 8.04. The highest BCUT2D eigenvalue weighted by Gasteiger charge is 2.23. The zero-order chi connectivity index (χ0) is 20.5. The van der Waals surface area contributed by atoms with Crippen LogP contribution >= 0.6 is 0 Å². The second kappa shape index (κ2) is 10.5. The summed E-state index contributed by atoms with van der Waals surface area (Å²) < 4.78 is 9.71. The van der Waals surface area contributed by atoms with Gasteiger partial charge < -0.3 is 19.8 Å². The molecular weight excluding hydrogens is 360 g/mol. The number of hydrogen-bond donors (Lipinski definition) is 2. The lowest BCUT2D eigenvalue weighted by atomic mass is 10.0. The van der Waals surface area contributed by atoms with Crippen LogP contribution in [0, 0.1) is 5.92 Å². The van der Waals surface area contributed by atoms with Crippen molar-refractivity contribution in [2.45, 2.75) is 45.6 Å². The van der Waals surface area contributed by atoms with Crippen LogP contribution in [0.3, 0.4) is 0 Å². The number of amides is 1. The number of carbonyl (C=O) groups is 3. The Balaban J connectivity index is 1.72. The number of ether oxygens (including phenoxy) is 2. The maximum absolute atomic E-state index is 12.0. The van der Waals surface area contributed by atoms with Gasteiger partial charge >= 0.3 is 11.9 Å². The highest BCUT2D eigenvalue weighted by atomic mass is 16.5. The molecule has 2 N–H and O–H groups in total. The second-order valence-corrected chi connectivity index (χ2v) is 7.15. The number of aromatic nitrogens is 1. The van der Waals surface area contributed by atoms with Crippen LogP contribution in [0.25, 0.3) is 10.9 Å². The number of fused-ring (bicyclic) bond motifs is 1. The van der Waals surface area contributed by atoms with E-state index in [1.807, 2.05) is 44.3 Å². The Labute approximate surface area is 164 Å². The third-order valence-electron chi connectivity index (χ3n) is 4.39. The van der Waals surface area contributed by atoms with Gasteiger partial charge in [0, 0.05) is 23.5 Å². The number of H-pyrrole nitrogens is 1. The van der Waals surface area contributed by atoms with E-state index in [4.69, 9.17) is 9.47 Å². The van der Waals surface area contributed by atoms with Gasteiger partial charge in [0.1, 0.15) is 6.04 Å². The zero-order valence-electron chi connectivity index (χ0n) is 16.6. The molecule has 0 spiro atoms. The van der Waals surface area contributed by atoms with Gasteiger partial charge in [0.15, 0.2) is 6.61 Å². The molecule has 2 aromatic rings. The first-order valence-corrected chi connectivity index (χ1v) is 9.48. The SMILES string of the molecule is COC(=O)C(CC(C)C)NC(=O)COC(=O)CCCc1c[nH]c2ccccc12. The smallest absolute Gasteiger partial charge is 0.328 e. The van der Waals surface area contributed by atoms with Crippen LogP contribution in [-0.2, 0) is 30.3 Å². The molecule has 152 valence electrons. The lowest BCUT2D eigenvalue weighted by Crippen LogP contribution is -2.44. The first-order valence-electron chi connectivity index (χ1n) is 9.48. The molecule has 0 fully saturated rings. The molecule has 28 heavy (non-hydrogen) atoms. The number of aryl methyl sites for hydroxylation is 1. The molecule has 1 amide bonds. The highest BCUT2D eigenvalue weighted by Crippen LogP contribution is 2.19. The second-order valence-electron chi connectivity index (χ2n) is 7.15. The number of rotatable bonds is 10. The predicted octanol–water partition coefficient (Wildman–Crippen LogP) is 2.74. The Morgan fingerprint density at radius 1 is 1.18 bits per heavy atom. The van der Waals surface area contributed by atoms with Crippen molar-refractivity contribution >= 4 is 28.7 Å². The van der Waals surface area contributed by atoms with Crippen molar-refractivity contribution in [2.24, 2.45) is 5.92 Å². The van der Waals surface area contributed by atoms with E-state index in [0.717, 1.165) is 22.9 Å². The summed E-state index contributed by atoms with van der Waals surface area (Å²) in [7, 11) is 1.27. The van der Waals surface area contributed by atoms with E-state index in [-0.39, 0.29) is 12.3 Å². The van der Waals surface area contributed by atoms with E-state index in [2.05, 4.69) is 10.3 Å². The standard InChI is InChI=1S/C21H28N2O5/c1-14(2)11-18(21(26)27-3)23-19(24)13-28-20(25)10-6-7-15-12-22-17-9-5-4-8-16(15)17/h4-5,8-9,12,14,18,22H,6-7,10-11,13H2,1-3H3,(H,23,24). The van der Waals surface area contributed by atoms with Gasteiger partial charge in [0.05, 0.1) is 7.11 Å². The van der Waals surface area contributed by atoms with E-state index < -0.39 is 30.5 Å². The largest absolute Gasteiger partial charge is 0.467 e. The predicted molar refractivity (Wildman–Crippen MR) is 106 cm³/mol. The zero-order valence-corrected chi connectivity index (χ0v) is 16.6. The minimum absolute atomic E-state index is 0.205. The van der Waals surface area contributed by atoms with E-state index in [1.54, 1.807) is 0 Å². The van der Waals surface area contributed by atoms with E-state index in [1.165, 1.54) is 7.11 Å².